The molecule has 0 aromatic carbocycles. The fourth-order valence-corrected chi connectivity index (χ4v) is 1.59. The predicted octanol–water partition coefficient (Wildman–Crippen LogP) is 1.41. The van der Waals surface area contributed by atoms with Gasteiger partial charge in [-0.25, -0.2) is 0 Å². The lowest BCUT2D eigenvalue weighted by molar-refractivity contribution is 0.326. The quantitative estimate of drug-likeness (QED) is 0.587. The summed E-state index contributed by atoms with van der Waals surface area (Å²) < 4.78 is 0. The summed E-state index contributed by atoms with van der Waals surface area (Å²) in [5.41, 5.74) is 5.42. The summed E-state index contributed by atoms with van der Waals surface area (Å²) >= 11 is 1.93. The van der Waals surface area contributed by atoms with Crippen LogP contribution in [0.1, 0.15) is 19.3 Å². The Labute approximate surface area is 80.9 Å². The van der Waals surface area contributed by atoms with Crippen molar-refractivity contribution in [3.8, 4) is 0 Å². The van der Waals surface area contributed by atoms with Crippen molar-refractivity contribution in [3.05, 3.63) is 0 Å². The van der Waals surface area contributed by atoms with Crippen LogP contribution in [0.2, 0.25) is 0 Å². The van der Waals surface area contributed by atoms with E-state index in [0.717, 1.165) is 19.5 Å². The average Bonchev–Trinajstić information content (AvgIpc) is 2.09. The van der Waals surface area contributed by atoms with E-state index >= 15 is 0 Å². The molecule has 0 atom stereocenters. The van der Waals surface area contributed by atoms with E-state index < -0.39 is 0 Å². The number of nitrogens with two attached hydrogens (primary N) is 1. The zero-order chi connectivity index (χ0) is 9.23. The van der Waals surface area contributed by atoms with Crippen molar-refractivity contribution in [3.63, 3.8) is 0 Å². The van der Waals surface area contributed by atoms with Crippen molar-refractivity contribution in [2.75, 3.05) is 38.7 Å². The van der Waals surface area contributed by atoms with Gasteiger partial charge < -0.3 is 10.6 Å². The van der Waals surface area contributed by atoms with Crippen LogP contribution in [-0.2, 0) is 0 Å². The van der Waals surface area contributed by atoms with Gasteiger partial charge in [-0.05, 0) is 58.0 Å². The smallest absolute Gasteiger partial charge is 0.000977 e. The summed E-state index contributed by atoms with van der Waals surface area (Å²) in [7, 11) is 2.18. The molecule has 0 heterocycles. The SMILES string of the molecule is CSCCCCN(C)CCCN. The zero-order valence-corrected chi connectivity index (χ0v) is 9.20. The minimum atomic E-state index is 0.815. The molecule has 0 bridgehead atoms. The van der Waals surface area contributed by atoms with Crippen LogP contribution in [0.15, 0.2) is 0 Å². The maximum absolute atomic E-state index is 5.42. The van der Waals surface area contributed by atoms with E-state index in [4.69, 9.17) is 5.73 Å². The van der Waals surface area contributed by atoms with Gasteiger partial charge in [0.25, 0.3) is 0 Å². The summed E-state index contributed by atoms with van der Waals surface area (Å²) in [5.74, 6) is 1.30. The van der Waals surface area contributed by atoms with E-state index in [1.54, 1.807) is 0 Å². The van der Waals surface area contributed by atoms with E-state index in [2.05, 4.69) is 18.2 Å². The van der Waals surface area contributed by atoms with E-state index in [-0.39, 0.29) is 0 Å². The number of hydrogen-bond acceptors (Lipinski definition) is 3. The number of unbranched alkanes of at least 4 members (excludes halogenated alkanes) is 1. The Morgan fingerprint density at radius 3 is 2.42 bits per heavy atom. The Morgan fingerprint density at radius 2 is 1.83 bits per heavy atom. The van der Waals surface area contributed by atoms with E-state index in [1.165, 1.54) is 25.1 Å². The molecule has 3 heteroatoms. The topological polar surface area (TPSA) is 29.3 Å². The molecule has 0 fully saturated rings. The van der Waals surface area contributed by atoms with Gasteiger partial charge in [-0.15, -0.1) is 0 Å². The molecule has 0 spiro atoms. The Morgan fingerprint density at radius 1 is 1.17 bits per heavy atom. The van der Waals surface area contributed by atoms with Crippen molar-refractivity contribution in [1.82, 2.24) is 4.90 Å². The second kappa shape index (κ2) is 9.36. The van der Waals surface area contributed by atoms with Gasteiger partial charge in [0.15, 0.2) is 0 Å². The normalized spacial score (nSPS) is 11.0. The molecular weight excluding hydrogens is 168 g/mol. The first-order valence-corrected chi connectivity index (χ1v) is 6.08. The van der Waals surface area contributed by atoms with Gasteiger partial charge in [-0.3, -0.25) is 0 Å². The fourth-order valence-electron chi connectivity index (χ4n) is 1.10. The van der Waals surface area contributed by atoms with E-state index in [1.807, 2.05) is 11.8 Å². The maximum atomic E-state index is 5.42. The minimum Gasteiger partial charge on any atom is -0.330 e. The van der Waals surface area contributed by atoms with Crippen LogP contribution >= 0.6 is 11.8 Å². The monoisotopic (exact) mass is 190 g/mol. The van der Waals surface area contributed by atoms with Gasteiger partial charge in [-0.2, -0.15) is 11.8 Å². The highest BCUT2D eigenvalue weighted by atomic mass is 32.2. The van der Waals surface area contributed by atoms with Crippen molar-refractivity contribution in [2.24, 2.45) is 5.73 Å². The molecule has 0 aliphatic heterocycles. The summed E-state index contributed by atoms with van der Waals surface area (Å²) in [6.07, 6.45) is 5.95. The number of nitrogens with zero attached hydrogens (tertiary/aromatic N) is 1. The largest absolute Gasteiger partial charge is 0.330 e. The summed E-state index contributed by atoms with van der Waals surface area (Å²) in [6.45, 7) is 3.19. The zero-order valence-electron chi connectivity index (χ0n) is 8.38. The van der Waals surface area contributed by atoms with Crippen LogP contribution in [-0.4, -0.2) is 43.6 Å². The Bertz CT molecular complexity index is 88.6. The van der Waals surface area contributed by atoms with E-state index in [9.17, 15) is 0 Å². The molecule has 12 heavy (non-hydrogen) atoms. The summed E-state index contributed by atoms with van der Waals surface area (Å²) in [6, 6.07) is 0. The molecule has 0 aromatic heterocycles. The first-order valence-electron chi connectivity index (χ1n) is 4.68. The molecule has 0 saturated heterocycles. The molecule has 0 radical (unpaired) electrons. The van der Waals surface area contributed by atoms with Crippen LogP contribution in [0.25, 0.3) is 0 Å². The standard InChI is InChI=1S/C9H22N2S/c1-11(8-5-6-10)7-3-4-9-12-2/h3-10H2,1-2H3. The van der Waals surface area contributed by atoms with Gasteiger partial charge >= 0.3 is 0 Å². The lowest BCUT2D eigenvalue weighted by Crippen LogP contribution is -2.22. The molecule has 0 aromatic rings. The average molecular weight is 190 g/mol. The van der Waals surface area contributed by atoms with Gasteiger partial charge in [0.05, 0.1) is 0 Å². The number of thioether (sulfide) groups is 1. The third-order valence-electron chi connectivity index (χ3n) is 1.88. The van der Waals surface area contributed by atoms with E-state index in [0.29, 0.717) is 0 Å². The van der Waals surface area contributed by atoms with Gasteiger partial charge in [0, 0.05) is 0 Å². The summed E-state index contributed by atoms with van der Waals surface area (Å²) in [5, 5.41) is 0. The van der Waals surface area contributed by atoms with Crippen molar-refractivity contribution < 1.29 is 0 Å². The third-order valence-corrected chi connectivity index (χ3v) is 2.58. The summed E-state index contributed by atoms with van der Waals surface area (Å²) in [4.78, 5) is 2.37. The Hall–Kier alpha value is 0.270. The molecule has 0 unspecified atom stereocenters. The minimum absolute atomic E-state index is 0.815. The van der Waals surface area contributed by atoms with Crippen molar-refractivity contribution in [2.45, 2.75) is 19.3 Å². The first-order chi connectivity index (χ1) is 5.81. The van der Waals surface area contributed by atoms with Gasteiger partial charge in [0.1, 0.15) is 0 Å². The Kier molecular flexibility index (Phi) is 9.57. The lowest BCUT2D eigenvalue weighted by Gasteiger charge is -2.15. The highest BCUT2D eigenvalue weighted by Gasteiger charge is 1.96. The maximum Gasteiger partial charge on any atom is -0.000977 e. The molecule has 0 aliphatic rings. The third kappa shape index (κ3) is 8.37. The van der Waals surface area contributed by atoms with Crippen LogP contribution < -0.4 is 5.73 Å². The molecule has 0 saturated carbocycles. The van der Waals surface area contributed by atoms with Gasteiger partial charge in [0.2, 0.25) is 0 Å². The predicted molar refractivity (Wildman–Crippen MR) is 58.8 cm³/mol. The number of rotatable bonds is 8. The first kappa shape index (κ1) is 12.3. The highest BCUT2D eigenvalue weighted by Crippen LogP contribution is 2.00. The number of hydrogen-bond donors (Lipinski definition) is 1. The van der Waals surface area contributed by atoms with Crippen LogP contribution in [0.5, 0.6) is 0 Å². The van der Waals surface area contributed by atoms with Crippen LogP contribution in [0.4, 0.5) is 0 Å². The van der Waals surface area contributed by atoms with Crippen LogP contribution in [0.3, 0.4) is 0 Å². The van der Waals surface area contributed by atoms with Crippen molar-refractivity contribution in [1.29, 1.82) is 0 Å². The van der Waals surface area contributed by atoms with Crippen LogP contribution in [0, 0.1) is 0 Å². The molecular formula is C9H22N2S. The van der Waals surface area contributed by atoms with Gasteiger partial charge in [-0.1, -0.05) is 0 Å². The second-order valence-electron chi connectivity index (χ2n) is 3.15. The van der Waals surface area contributed by atoms with Crippen molar-refractivity contribution >= 4 is 11.8 Å². The molecule has 2 N–H and O–H groups in total. The Balaban J connectivity index is 3.02. The molecule has 0 rings (SSSR count). The molecule has 74 valence electrons. The highest BCUT2D eigenvalue weighted by molar-refractivity contribution is 7.98. The molecule has 2 nitrogen and oxygen atoms in total. The lowest BCUT2D eigenvalue weighted by atomic mass is 10.3. The second-order valence-corrected chi connectivity index (χ2v) is 4.13. The molecule has 0 amide bonds. The molecule has 0 aliphatic carbocycles. The fraction of sp³-hybridized carbons (Fsp3) is 1.00.